The van der Waals surface area contributed by atoms with Crippen LogP contribution in [0.5, 0.6) is 0 Å². The van der Waals surface area contributed by atoms with Crippen LogP contribution in [0, 0.1) is 6.92 Å². The van der Waals surface area contributed by atoms with Crippen LogP contribution in [0.3, 0.4) is 0 Å². The van der Waals surface area contributed by atoms with Crippen LogP contribution in [-0.2, 0) is 0 Å². The molecule has 0 amide bonds. The standard InChI is InChI=1S/C11H16O3/c1-8-6-14-7-9(8)10(12)11(13)4-2-3-5-11/h6-7,10,12-13H,2-5H2,1H3. The summed E-state index contributed by atoms with van der Waals surface area (Å²) in [6, 6.07) is 0. The summed E-state index contributed by atoms with van der Waals surface area (Å²) >= 11 is 0. The minimum atomic E-state index is -0.936. The summed E-state index contributed by atoms with van der Waals surface area (Å²) in [5.74, 6) is 0. The maximum absolute atomic E-state index is 10.2. The average molecular weight is 196 g/mol. The quantitative estimate of drug-likeness (QED) is 0.759. The lowest BCUT2D eigenvalue weighted by atomic mass is 9.89. The van der Waals surface area contributed by atoms with E-state index in [4.69, 9.17) is 4.42 Å². The van der Waals surface area contributed by atoms with Gasteiger partial charge >= 0.3 is 0 Å². The van der Waals surface area contributed by atoms with Gasteiger partial charge in [0.1, 0.15) is 6.10 Å². The number of aryl methyl sites for hydroxylation is 1. The van der Waals surface area contributed by atoms with Crippen molar-refractivity contribution in [1.29, 1.82) is 0 Å². The molecule has 0 radical (unpaired) electrons. The third kappa shape index (κ3) is 1.47. The van der Waals surface area contributed by atoms with Crippen LogP contribution in [0.4, 0.5) is 0 Å². The van der Waals surface area contributed by atoms with Crippen molar-refractivity contribution in [3.05, 3.63) is 23.7 Å². The minimum absolute atomic E-state index is 0.679. The molecule has 3 heteroatoms. The predicted octanol–water partition coefficient (Wildman–Crippen LogP) is 1.93. The summed E-state index contributed by atoms with van der Waals surface area (Å²) in [5.41, 5.74) is 0.682. The number of furan rings is 1. The first-order valence-electron chi connectivity index (χ1n) is 5.07. The lowest BCUT2D eigenvalue weighted by molar-refractivity contribution is -0.0723. The Morgan fingerprint density at radius 3 is 2.50 bits per heavy atom. The monoisotopic (exact) mass is 196 g/mol. The van der Waals surface area contributed by atoms with E-state index in [1.165, 1.54) is 6.26 Å². The second-order valence-corrected chi connectivity index (χ2v) is 4.22. The molecule has 0 spiro atoms. The van der Waals surface area contributed by atoms with Gasteiger partial charge in [0, 0.05) is 5.56 Å². The first kappa shape index (κ1) is 9.74. The van der Waals surface area contributed by atoms with Gasteiger partial charge in [-0.2, -0.15) is 0 Å². The van der Waals surface area contributed by atoms with Gasteiger partial charge in [0.2, 0.25) is 0 Å². The Morgan fingerprint density at radius 1 is 1.36 bits per heavy atom. The van der Waals surface area contributed by atoms with Crippen molar-refractivity contribution in [2.45, 2.75) is 44.3 Å². The summed E-state index contributed by atoms with van der Waals surface area (Å²) in [6.45, 7) is 1.88. The van der Waals surface area contributed by atoms with Gasteiger partial charge in [-0.25, -0.2) is 0 Å². The highest BCUT2D eigenvalue weighted by molar-refractivity contribution is 5.24. The van der Waals surface area contributed by atoms with Crippen molar-refractivity contribution in [3.63, 3.8) is 0 Å². The summed E-state index contributed by atoms with van der Waals surface area (Å²) in [4.78, 5) is 0. The van der Waals surface area contributed by atoms with Crippen molar-refractivity contribution in [1.82, 2.24) is 0 Å². The summed E-state index contributed by atoms with van der Waals surface area (Å²) < 4.78 is 5.00. The molecule has 0 aromatic carbocycles. The maximum Gasteiger partial charge on any atom is 0.111 e. The Bertz CT molecular complexity index is 310. The Kier molecular flexibility index (Phi) is 2.37. The van der Waals surface area contributed by atoms with Gasteiger partial charge < -0.3 is 14.6 Å². The molecule has 1 aromatic rings. The second kappa shape index (κ2) is 3.41. The topological polar surface area (TPSA) is 53.6 Å². The van der Waals surface area contributed by atoms with Gasteiger partial charge in [0.05, 0.1) is 18.1 Å². The predicted molar refractivity (Wildman–Crippen MR) is 51.8 cm³/mol. The van der Waals surface area contributed by atoms with Gasteiger partial charge in [0.25, 0.3) is 0 Å². The number of aliphatic hydroxyl groups is 2. The first-order chi connectivity index (χ1) is 6.63. The Labute approximate surface area is 83.4 Å². The van der Waals surface area contributed by atoms with E-state index in [-0.39, 0.29) is 0 Å². The van der Waals surface area contributed by atoms with Crippen LogP contribution in [0.15, 0.2) is 16.9 Å². The van der Waals surface area contributed by atoms with Crippen LogP contribution < -0.4 is 0 Å². The molecule has 1 heterocycles. The molecule has 0 saturated heterocycles. The molecule has 1 unspecified atom stereocenters. The summed E-state index contributed by atoms with van der Waals surface area (Å²) in [5, 5.41) is 20.2. The van der Waals surface area contributed by atoms with E-state index in [1.807, 2.05) is 6.92 Å². The largest absolute Gasteiger partial charge is 0.472 e. The fourth-order valence-electron chi connectivity index (χ4n) is 2.20. The summed E-state index contributed by atoms with van der Waals surface area (Å²) in [6.07, 6.45) is 5.66. The molecule has 1 aromatic heterocycles. The number of hydrogen-bond acceptors (Lipinski definition) is 3. The second-order valence-electron chi connectivity index (χ2n) is 4.22. The van der Waals surface area contributed by atoms with E-state index in [9.17, 15) is 10.2 Å². The number of aliphatic hydroxyl groups excluding tert-OH is 1. The third-order valence-electron chi connectivity index (χ3n) is 3.17. The number of rotatable bonds is 2. The Morgan fingerprint density at radius 2 is 2.00 bits per heavy atom. The molecule has 1 aliphatic rings. The van der Waals surface area contributed by atoms with E-state index >= 15 is 0 Å². The lowest BCUT2D eigenvalue weighted by Crippen LogP contribution is -2.32. The molecule has 0 bridgehead atoms. The van der Waals surface area contributed by atoms with Crippen molar-refractivity contribution < 1.29 is 14.6 Å². The zero-order valence-corrected chi connectivity index (χ0v) is 8.36. The van der Waals surface area contributed by atoms with Crippen molar-refractivity contribution in [2.75, 3.05) is 0 Å². The highest BCUT2D eigenvalue weighted by Gasteiger charge is 2.40. The van der Waals surface area contributed by atoms with Crippen molar-refractivity contribution >= 4 is 0 Å². The third-order valence-corrected chi connectivity index (χ3v) is 3.17. The Hall–Kier alpha value is -0.800. The molecule has 1 saturated carbocycles. The van der Waals surface area contributed by atoms with Gasteiger partial charge in [-0.15, -0.1) is 0 Å². The SMILES string of the molecule is Cc1cocc1C(O)C1(O)CCCC1. The van der Waals surface area contributed by atoms with Gasteiger partial charge in [0.15, 0.2) is 0 Å². The fraction of sp³-hybridized carbons (Fsp3) is 0.636. The normalized spacial score (nSPS) is 22.5. The van der Waals surface area contributed by atoms with Gasteiger partial charge in [-0.05, 0) is 25.3 Å². The minimum Gasteiger partial charge on any atom is -0.472 e. The zero-order chi connectivity index (χ0) is 10.2. The molecule has 0 aliphatic heterocycles. The molecule has 1 fully saturated rings. The van der Waals surface area contributed by atoms with Crippen LogP contribution in [0.25, 0.3) is 0 Å². The fourth-order valence-corrected chi connectivity index (χ4v) is 2.20. The molecule has 14 heavy (non-hydrogen) atoms. The van der Waals surface area contributed by atoms with Crippen molar-refractivity contribution in [3.8, 4) is 0 Å². The van der Waals surface area contributed by atoms with E-state index in [0.717, 1.165) is 24.0 Å². The molecular weight excluding hydrogens is 180 g/mol. The molecule has 1 atom stereocenters. The highest BCUT2D eigenvalue weighted by Crippen LogP contribution is 2.40. The molecular formula is C11H16O3. The van der Waals surface area contributed by atoms with Gasteiger partial charge in [-0.1, -0.05) is 12.8 Å². The van der Waals surface area contributed by atoms with Gasteiger partial charge in [-0.3, -0.25) is 0 Å². The molecule has 2 rings (SSSR count). The molecule has 3 nitrogen and oxygen atoms in total. The summed E-state index contributed by atoms with van der Waals surface area (Å²) in [7, 11) is 0. The lowest BCUT2D eigenvalue weighted by Gasteiger charge is -2.28. The molecule has 1 aliphatic carbocycles. The Balaban J connectivity index is 2.23. The number of hydrogen-bond donors (Lipinski definition) is 2. The molecule has 2 N–H and O–H groups in total. The van der Waals surface area contributed by atoms with E-state index in [1.54, 1.807) is 6.26 Å². The molecule has 78 valence electrons. The first-order valence-corrected chi connectivity index (χ1v) is 5.07. The van der Waals surface area contributed by atoms with Crippen LogP contribution in [0.1, 0.15) is 42.9 Å². The highest BCUT2D eigenvalue weighted by atomic mass is 16.3. The maximum atomic E-state index is 10.2. The average Bonchev–Trinajstić information content (AvgIpc) is 2.74. The van der Waals surface area contributed by atoms with E-state index < -0.39 is 11.7 Å². The zero-order valence-electron chi connectivity index (χ0n) is 8.36. The smallest absolute Gasteiger partial charge is 0.111 e. The van der Waals surface area contributed by atoms with Crippen molar-refractivity contribution in [2.24, 2.45) is 0 Å². The van der Waals surface area contributed by atoms with Crippen LogP contribution in [0.2, 0.25) is 0 Å². The van der Waals surface area contributed by atoms with Crippen LogP contribution in [-0.4, -0.2) is 15.8 Å². The van der Waals surface area contributed by atoms with E-state index in [0.29, 0.717) is 12.8 Å². The van der Waals surface area contributed by atoms with Crippen LogP contribution >= 0.6 is 0 Å². The van der Waals surface area contributed by atoms with E-state index in [2.05, 4.69) is 0 Å².